The summed E-state index contributed by atoms with van der Waals surface area (Å²) in [6.45, 7) is 4.41. The van der Waals surface area contributed by atoms with Gasteiger partial charge in [0.15, 0.2) is 0 Å². The minimum Gasteiger partial charge on any atom is -0.306 e. The highest BCUT2D eigenvalue weighted by Gasteiger charge is 2.25. The Hall–Kier alpha value is -0.540. The van der Waals surface area contributed by atoms with E-state index in [2.05, 4.69) is 19.2 Å². The van der Waals surface area contributed by atoms with E-state index >= 15 is 0 Å². The number of thioether (sulfide) groups is 1. The lowest BCUT2D eigenvalue weighted by Crippen LogP contribution is -2.35. The Balaban J connectivity index is 1.97. The van der Waals surface area contributed by atoms with Gasteiger partial charge in [0.1, 0.15) is 5.82 Å². The zero-order valence-electron chi connectivity index (χ0n) is 9.74. The van der Waals surface area contributed by atoms with E-state index in [1.165, 1.54) is 24.3 Å². The first kappa shape index (κ1) is 11.9. The van der Waals surface area contributed by atoms with Crippen LogP contribution >= 0.6 is 11.8 Å². The second-order valence-electron chi connectivity index (χ2n) is 4.41. The summed E-state index contributed by atoms with van der Waals surface area (Å²) >= 11 is 2.02. The lowest BCUT2D eigenvalue weighted by Gasteiger charge is -2.22. The van der Waals surface area contributed by atoms with Crippen molar-refractivity contribution in [3.8, 4) is 0 Å². The van der Waals surface area contributed by atoms with E-state index in [-0.39, 0.29) is 5.82 Å². The molecule has 16 heavy (non-hydrogen) atoms. The van der Waals surface area contributed by atoms with Crippen LogP contribution in [0.1, 0.15) is 31.9 Å². The highest BCUT2D eigenvalue weighted by molar-refractivity contribution is 8.00. The van der Waals surface area contributed by atoms with Gasteiger partial charge in [-0.05, 0) is 36.8 Å². The van der Waals surface area contributed by atoms with Gasteiger partial charge >= 0.3 is 0 Å². The smallest absolute Gasteiger partial charge is 0.123 e. The van der Waals surface area contributed by atoms with Crippen molar-refractivity contribution < 1.29 is 4.39 Å². The molecule has 1 heterocycles. The number of hydrogen-bond acceptors (Lipinski definition) is 2. The van der Waals surface area contributed by atoms with Gasteiger partial charge in [-0.2, -0.15) is 11.8 Å². The quantitative estimate of drug-likeness (QED) is 0.868. The van der Waals surface area contributed by atoms with Crippen LogP contribution in [0, 0.1) is 5.82 Å². The Labute approximate surface area is 101 Å². The molecule has 0 aliphatic carbocycles. The van der Waals surface area contributed by atoms with Crippen molar-refractivity contribution in [3.63, 3.8) is 0 Å². The summed E-state index contributed by atoms with van der Waals surface area (Å²) in [5.41, 5.74) is 1.16. The maximum atomic E-state index is 12.8. The predicted octanol–water partition coefficient (Wildman–Crippen LogP) is 3.37. The molecule has 0 radical (unpaired) electrons. The first-order valence-corrected chi connectivity index (χ1v) is 6.85. The summed E-state index contributed by atoms with van der Waals surface area (Å²) in [5.74, 6) is 1.08. The van der Waals surface area contributed by atoms with Gasteiger partial charge in [-0.3, -0.25) is 0 Å². The lowest BCUT2D eigenvalue weighted by atomic mass is 10.1. The van der Waals surface area contributed by atoms with Crippen molar-refractivity contribution in [2.45, 2.75) is 37.6 Å². The van der Waals surface area contributed by atoms with Crippen LogP contribution < -0.4 is 5.32 Å². The molecule has 88 valence electrons. The molecule has 2 rings (SSSR count). The van der Waals surface area contributed by atoms with Crippen molar-refractivity contribution in [1.82, 2.24) is 5.32 Å². The van der Waals surface area contributed by atoms with Gasteiger partial charge in [-0.15, -0.1) is 0 Å². The van der Waals surface area contributed by atoms with E-state index < -0.39 is 0 Å². The van der Waals surface area contributed by atoms with E-state index in [4.69, 9.17) is 0 Å². The topological polar surface area (TPSA) is 12.0 Å². The Bertz CT molecular complexity index is 338. The maximum Gasteiger partial charge on any atom is 0.123 e. The minimum atomic E-state index is -0.166. The van der Waals surface area contributed by atoms with Gasteiger partial charge in [-0.25, -0.2) is 4.39 Å². The van der Waals surface area contributed by atoms with Crippen LogP contribution in [0.15, 0.2) is 24.3 Å². The van der Waals surface area contributed by atoms with Crippen LogP contribution in [0.2, 0.25) is 0 Å². The van der Waals surface area contributed by atoms with Crippen LogP contribution in [0.5, 0.6) is 0 Å². The Morgan fingerprint density at radius 2 is 2.06 bits per heavy atom. The molecule has 1 aromatic rings. The van der Waals surface area contributed by atoms with E-state index in [1.807, 2.05) is 23.9 Å². The molecule has 3 unspecified atom stereocenters. The van der Waals surface area contributed by atoms with Gasteiger partial charge < -0.3 is 5.32 Å². The van der Waals surface area contributed by atoms with Gasteiger partial charge in [0.2, 0.25) is 0 Å². The fraction of sp³-hybridized carbons (Fsp3) is 0.538. The average Bonchev–Trinajstić information content (AvgIpc) is 2.65. The molecule has 1 N–H and O–H groups in total. The third-order valence-electron chi connectivity index (χ3n) is 3.21. The standard InChI is InChI=1S/C13H18FNS/c1-9(11-3-5-12(14)6-4-11)15-13-7-8-16-10(13)2/h3-6,9-10,13,15H,7-8H2,1-2H3. The fourth-order valence-electron chi connectivity index (χ4n) is 2.12. The molecule has 0 saturated carbocycles. The molecule has 0 spiro atoms. The number of benzene rings is 1. The molecule has 0 amide bonds. The van der Waals surface area contributed by atoms with Crippen LogP contribution in [-0.2, 0) is 0 Å². The molecule has 3 atom stereocenters. The number of rotatable bonds is 3. The van der Waals surface area contributed by atoms with E-state index in [0.717, 1.165) is 5.56 Å². The molecular weight excluding hydrogens is 221 g/mol. The van der Waals surface area contributed by atoms with Crippen molar-refractivity contribution in [3.05, 3.63) is 35.6 Å². The molecule has 1 fully saturated rings. The fourth-order valence-corrected chi connectivity index (χ4v) is 3.33. The van der Waals surface area contributed by atoms with Crippen LogP contribution in [0.3, 0.4) is 0 Å². The van der Waals surface area contributed by atoms with Crippen LogP contribution in [0.25, 0.3) is 0 Å². The summed E-state index contributed by atoms with van der Waals surface area (Å²) in [4.78, 5) is 0. The SMILES string of the molecule is CC(NC1CCSC1C)c1ccc(F)cc1. The van der Waals surface area contributed by atoms with Gasteiger partial charge in [0, 0.05) is 17.3 Å². The highest BCUT2D eigenvalue weighted by Crippen LogP contribution is 2.28. The molecule has 1 aliphatic heterocycles. The largest absolute Gasteiger partial charge is 0.306 e. The first-order valence-electron chi connectivity index (χ1n) is 5.80. The lowest BCUT2D eigenvalue weighted by molar-refractivity contribution is 0.453. The first-order chi connectivity index (χ1) is 7.66. The predicted molar refractivity (Wildman–Crippen MR) is 68.3 cm³/mol. The second kappa shape index (κ2) is 5.19. The maximum absolute atomic E-state index is 12.8. The molecule has 1 aliphatic rings. The Morgan fingerprint density at radius 1 is 1.38 bits per heavy atom. The van der Waals surface area contributed by atoms with E-state index in [1.54, 1.807) is 0 Å². The highest BCUT2D eigenvalue weighted by atomic mass is 32.2. The van der Waals surface area contributed by atoms with Crippen LogP contribution in [-0.4, -0.2) is 17.0 Å². The Kier molecular flexibility index (Phi) is 3.87. The average molecular weight is 239 g/mol. The van der Waals surface area contributed by atoms with Crippen molar-refractivity contribution in [2.75, 3.05) is 5.75 Å². The normalized spacial score (nSPS) is 26.9. The molecule has 0 aromatic heterocycles. The number of hydrogen-bond donors (Lipinski definition) is 1. The Morgan fingerprint density at radius 3 is 2.62 bits per heavy atom. The second-order valence-corrected chi connectivity index (χ2v) is 5.90. The minimum absolute atomic E-state index is 0.166. The van der Waals surface area contributed by atoms with Crippen molar-refractivity contribution >= 4 is 11.8 Å². The summed E-state index contributed by atoms with van der Waals surface area (Å²) in [6, 6.07) is 7.66. The van der Waals surface area contributed by atoms with Crippen molar-refractivity contribution in [1.29, 1.82) is 0 Å². The van der Waals surface area contributed by atoms with Gasteiger partial charge in [-0.1, -0.05) is 19.1 Å². The third-order valence-corrected chi connectivity index (χ3v) is 4.54. The summed E-state index contributed by atoms with van der Waals surface area (Å²) in [6.07, 6.45) is 1.23. The van der Waals surface area contributed by atoms with E-state index in [9.17, 15) is 4.39 Å². The zero-order chi connectivity index (χ0) is 11.5. The molecule has 0 bridgehead atoms. The summed E-state index contributed by atoms with van der Waals surface area (Å²) in [7, 11) is 0. The van der Waals surface area contributed by atoms with E-state index in [0.29, 0.717) is 17.3 Å². The van der Waals surface area contributed by atoms with Gasteiger partial charge in [0.05, 0.1) is 0 Å². The molecular formula is C13H18FNS. The van der Waals surface area contributed by atoms with Crippen LogP contribution in [0.4, 0.5) is 4.39 Å². The number of nitrogens with one attached hydrogen (secondary N) is 1. The summed E-state index contributed by atoms with van der Waals surface area (Å²) < 4.78 is 12.8. The number of halogens is 1. The zero-order valence-corrected chi connectivity index (χ0v) is 10.6. The molecule has 1 saturated heterocycles. The van der Waals surface area contributed by atoms with Gasteiger partial charge in [0.25, 0.3) is 0 Å². The third kappa shape index (κ3) is 2.77. The molecule has 3 heteroatoms. The molecule has 1 aromatic carbocycles. The summed E-state index contributed by atoms with van der Waals surface area (Å²) in [5, 5.41) is 4.30. The van der Waals surface area contributed by atoms with Crippen molar-refractivity contribution in [2.24, 2.45) is 0 Å². The molecule has 1 nitrogen and oxygen atoms in total. The monoisotopic (exact) mass is 239 g/mol.